The molecule has 0 unspecified atom stereocenters. The minimum atomic E-state index is -0.323. The van der Waals surface area contributed by atoms with Crippen LogP contribution in [0.5, 0.6) is 0 Å². The normalized spacial score (nSPS) is 13.8. The summed E-state index contributed by atoms with van der Waals surface area (Å²) in [7, 11) is 0. The van der Waals surface area contributed by atoms with E-state index in [9.17, 15) is 14.4 Å². The Labute approximate surface area is 229 Å². The monoisotopic (exact) mass is 540 g/mol. The SMILES string of the molecule is C=C.C=CC(=C\NC(=O)CNC(=O)N1CCC(n2nc(-c3ccccc3)[nH]c2=O)CC1)/C(C)=C/SC.CC. The second kappa shape index (κ2) is 17.6. The van der Waals surface area contributed by atoms with Crippen LogP contribution in [0.1, 0.15) is 39.7 Å². The van der Waals surface area contributed by atoms with Crippen molar-refractivity contribution in [3.63, 3.8) is 0 Å². The number of hydrogen-bond acceptors (Lipinski definition) is 5. The molecule has 1 aliphatic heterocycles. The van der Waals surface area contributed by atoms with E-state index in [-0.39, 0.29) is 30.2 Å². The Morgan fingerprint density at radius 3 is 2.39 bits per heavy atom. The Balaban J connectivity index is 0.00000172. The van der Waals surface area contributed by atoms with Crippen LogP contribution in [0.4, 0.5) is 4.79 Å². The smallest absolute Gasteiger partial charge is 0.331 e. The molecule has 1 aliphatic rings. The van der Waals surface area contributed by atoms with Gasteiger partial charge in [0.05, 0.1) is 12.6 Å². The van der Waals surface area contributed by atoms with Gasteiger partial charge in [-0.05, 0) is 42.6 Å². The summed E-state index contributed by atoms with van der Waals surface area (Å²) in [5.74, 6) is 0.209. The predicted octanol–water partition coefficient (Wildman–Crippen LogP) is 4.87. The van der Waals surface area contributed by atoms with Crippen LogP contribution in [-0.4, -0.2) is 57.5 Å². The van der Waals surface area contributed by atoms with E-state index in [4.69, 9.17) is 0 Å². The third-order valence-corrected chi connectivity index (χ3v) is 6.13. The Hall–Kier alpha value is -3.79. The number of allylic oxidation sites excluding steroid dienone is 3. The number of carbonyl (C=O) groups excluding carboxylic acids is 2. The lowest BCUT2D eigenvalue weighted by molar-refractivity contribution is -0.119. The number of carbonyl (C=O) groups is 2. The first-order valence-electron chi connectivity index (χ1n) is 12.5. The molecule has 3 amide bonds. The quantitative estimate of drug-likeness (QED) is 0.327. The van der Waals surface area contributed by atoms with E-state index in [1.54, 1.807) is 28.9 Å². The summed E-state index contributed by atoms with van der Waals surface area (Å²) in [6.07, 6.45) is 6.41. The summed E-state index contributed by atoms with van der Waals surface area (Å²) in [6.45, 7) is 16.5. The summed E-state index contributed by atoms with van der Waals surface area (Å²) >= 11 is 1.57. The van der Waals surface area contributed by atoms with Gasteiger partial charge in [0.15, 0.2) is 5.82 Å². The Kier molecular flexibility index (Phi) is 15.0. The molecule has 0 saturated carbocycles. The Bertz CT molecular complexity index is 1140. The van der Waals surface area contributed by atoms with E-state index < -0.39 is 0 Å². The second-order valence-electron chi connectivity index (χ2n) is 7.87. The molecule has 2 heterocycles. The van der Waals surface area contributed by atoms with Crippen LogP contribution >= 0.6 is 11.8 Å². The topological polar surface area (TPSA) is 112 Å². The van der Waals surface area contributed by atoms with Crippen LogP contribution in [0.15, 0.2) is 83.7 Å². The molecule has 3 rings (SSSR count). The van der Waals surface area contributed by atoms with E-state index >= 15 is 0 Å². The number of amides is 3. The van der Waals surface area contributed by atoms with E-state index in [0.717, 1.165) is 16.7 Å². The van der Waals surface area contributed by atoms with Crippen molar-refractivity contribution in [3.8, 4) is 11.4 Å². The molecule has 3 N–H and O–H groups in total. The molecule has 0 aliphatic carbocycles. The first kappa shape index (κ1) is 32.2. The molecule has 0 bridgehead atoms. The van der Waals surface area contributed by atoms with Crippen LogP contribution in [0.3, 0.4) is 0 Å². The number of thioether (sulfide) groups is 1. The zero-order valence-corrected chi connectivity index (χ0v) is 23.6. The van der Waals surface area contributed by atoms with Crippen molar-refractivity contribution in [2.75, 3.05) is 25.9 Å². The van der Waals surface area contributed by atoms with Crippen LogP contribution < -0.4 is 16.3 Å². The molecule has 0 radical (unpaired) electrons. The molecular weight excluding hydrogens is 500 g/mol. The molecule has 9 nitrogen and oxygen atoms in total. The third kappa shape index (κ3) is 9.59. The van der Waals surface area contributed by atoms with Crippen molar-refractivity contribution >= 4 is 23.7 Å². The Morgan fingerprint density at radius 1 is 1.18 bits per heavy atom. The highest BCUT2D eigenvalue weighted by Crippen LogP contribution is 2.22. The maximum absolute atomic E-state index is 12.5. The second-order valence-corrected chi connectivity index (χ2v) is 8.58. The maximum Gasteiger partial charge on any atom is 0.343 e. The fraction of sp³-hybridized carbons (Fsp3) is 0.357. The van der Waals surface area contributed by atoms with E-state index in [0.29, 0.717) is 31.8 Å². The number of rotatable bonds is 8. The third-order valence-electron chi connectivity index (χ3n) is 5.54. The lowest BCUT2D eigenvalue weighted by Crippen LogP contribution is -2.47. The molecule has 1 aromatic heterocycles. The highest BCUT2D eigenvalue weighted by Gasteiger charge is 2.26. The molecule has 0 atom stereocenters. The molecule has 2 aromatic rings. The van der Waals surface area contributed by atoms with Gasteiger partial charge in [0, 0.05) is 24.9 Å². The van der Waals surface area contributed by atoms with Crippen LogP contribution in [0.25, 0.3) is 11.4 Å². The van der Waals surface area contributed by atoms with Gasteiger partial charge in [0.2, 0.25) is 5.91 Å². The van der Waals surface area contributed by atoms with E-state index in [2.05, 4.69) is 40.5 Å². The average Bonchev–Trinajstić information content (AvgIpc) is 3.36. The average molecular weight is 541 g/mol. The first-order valence-corrected chi connectivity index (χ1v) is 13.8. The lowest BCUT2D eigenvalue weighted by Gasteiger charge is -2.31. The van der Waals surface area contributed by atoms with Crippen molar-refractivity contribution < 1.29 is 9.59 Å². The van der Waals surface area contributed by atoms with Gasteiger partial charge < -0.3 is 15.5 Å². The van der Waals surface area contributed by atoms with Gasteiger partial charge in [-0.3, -0.25) is 9.78 Å². The molecule has 1 saturated heterocycles. The van der Waals surface area contributed by atoms with Crippen LogP contribution in [0.2, 0.25) is 0 Å². The number of H-pyrrole nitrogens is 1. The number of aromatic amines is 1. The van der Waals surface area contributed by atoms with Gasteiger partial charge in [0.25, 0.3) is 0 Å². The number of piperidine rings is 1. The van der Waals surface area contributed by atoms with Crippen molar-refractivity contribution in [1.82, 2.24) is 30.3 Å². The zero-order valence-electron chi connectivity index (χ0n) is 22.8. The largest absolute Gasteiger partial charge is 0.343 e. The highest BCUT2D eigenvalue weighted by molar-refractivity contribution is 8.01. The van der Waals surface area contributed by atoms with Gasteiger partial charge in [-0.1, -0.05) is 56.8 Å². The van der Waals surface area contributed by atoms with Gasteiger partial charge in [-0.2, -0.15) is 0 Å². The number of nitrogens with one attached hydrogen (secondary N) is 3. The first-order chi connectivity index (χ1) is 18.4. The summed E-state index contributed by atoms with van der Waals surface area (Å²) in [5.41, 5.74) is 2.38. The molecule has 38 heavy (non-hydrogen) atoms. The van der Waals surface area contributed by atoms with Crippen LogP contribution in [-0.2, 0) is 4.79 Å². The fourth-order valence-electron chi connectivity index (χ4n) is 3.68. The summed E-state index contributed by atoms with van der Waals surface area (Å²) in [6, 6.07) is 9.07. The summed E-state index contributed by atoms with van der Waals surface area (Å²) < 4.78 is 1.47. The zero-order chi connectivity index (χ0) is 28.5. The molecule has 10 heteroatoms. The summed E-state index contributed by atoms with van der Waals surface area (Å²) in [5, 5.41) is 11.7. The minimum absolute atomic E-state index is 0.0893. The van der Waals surface area contributed by atoms with Gasteiger partial charge in [-0.25, -0.2) is 14.3 Å². The number of likely N-dealkylation sites (tertiary alicyclic amines) is 1. The van der Waals surface area contributed by atoms with Crippen molar-refractivity contribution in [1.29, 1.82) is 0 Å². The van der Waals surface area contributed by atoms with Gasteiger partial charge in [0.1, 0.15) is 0 Å². The number of hydrogen-bond donors (Lipinski definition) is 3. The van der Waals surface area contributed by atoms with Crippen molar-refractivity contribution in [2.24, 2.45) is 0 Å². The van der Waals surface area contributed by atoms with E-state index in [1.807, 2.05) is 62.8 Å². The predicted molar refractivity (Wildman–Crippen MR) is 158 cm³/mol. The number of nitrogens with zero attached hydrogens (tertiary/aromatic N) is 3. The molecule has 206 valence electrons. The number of urea groups is 1. The maximum atomic E-state index is 12.5. The van der Waals surface area contributed by atoms with Crippen molar-refractivity contribution in [2.45, 2.75) is 39.7 Å². The summed E-state index contributed by atoms with van der Waals surface area (Å²) in [4.78, 5) is 41.5. The number of benzene rings is 1. The molecule has 0 spiro atoms. The van der Waals surface area contributed by atoms with Crippen molar-refractivity contribution in [3.05, 3.63) is 89.4 Å². The highest BCUT2D eigenvalue weighted by atomic mass is 32.2. The van der Waals surface area contributed by atoms with Gasteiger partial charge in [-0.15, -0.1) is 30.0 Å². The standard InChI is InChI=1S/C24H30N6O3S.C2H6.C2H4/c1-4-18(17(2)16-34-3)14-25-21(31)15-26-23(32)29-12-10-20(11-13-29)30-24(33)27-22(28-30)19-8-6-5-7-9-19;2*1-2/h4-9,14,16,20H,1,10-13,15H2,2-3H3,(H,25,31)(H,26,32)(H,27,28,33);1-2H3;1-2H2/b17-16+,18-14+;;. The van der Waals surface area contributed by atoms with Gasteiger partial charge >= 0.3 is 11.7 Å². The molecule has 1 fully saturated rings. The van der Waals surface area contributed by atoms with E-state index in [1.165, 1.54) is 4.68 Å². The molecule has 1 aromatic carbocycles. The molecular formula is C28H40N6O3S. The lowest BCUT2D eigenvalue weighted by atomic mass is 10.1. The fourth-order valence-corrected chi connectivity index (χ4v) is 4.17. The Morgan fingerprint density at radius 2 is 1.82 bits per heavy atom. The van der Waals surface area contributed by atoms with Crippen LogP contribution in [0, 0.1) is 0 Å². The minimum Gasteiger partial charge on any atom is -0.331 e. The number of aromatic nitrogens is 3.